The van der Waals surface area contributed by atoms with Gasteiger partial charge in [0.25, 0.3) is 11.5 Å². The van der Waals surface area contributed by atoms with E-state index in [2.05, 4.69) is 24.3 Å². The van der Waals surface area contributed by atoms with Crippen LogP contribution in [-0.2, 0) is 6.54 Å². The summed E-state index contributed by atoms with van der Waals surface area (Å²) in [5.41, 5.74) is -0.0617. The number of ether oxygens (including phenoxy) is 1. The number of thiophene rings is 1. The molecule has 0 aliphatic heterocycles. The van der Waals surface area contributed by atoms with Crippen LogP contribution in [0.15, 0.2) is 64.8 Å². The van der Waals surface area contributed by atoms with Gasteiger partial charge in [-0.2, -0.15) is 5.10 Å². The maximum absolute atomic E-state index is 12.7. The number of hydrogen-bond acceptors (Lipinski definition) is 5. The second-order valence-electron chi connectivity index (χ2n) is 6.65. The molecule has 0 saturated heterocycles. The first-order chi connectivity index (χ1) is 13.5. The molecule has 6 nitrogen and oxygen atoms in total. The molecule has 1 N–H and O–H groups in total. The topological polar surface area (TPSA) is 73.2 Å². The second-order valence-corrected chi connectivity index (χ2v) is 7.63. The molecule has 7 heteroatoms. The van der Waals surface area contributed by atoms with Crippen molar-refractivity contribution in [2.24, 2.45) is 5.92 Å². The maximum Gasteiger partial charge on any atom is 0.272 e. The molecule has 0 saturated carbocycles. The number of para-hydroxylation sites is 1. The quantitative estimate of drug-likeness (QED) is 0.631. The van der Waals surface area contributed by atoms with Crippen LogP contribution < -0.4 is 15.6 Å². The van der Waals surface area contributed by atoms with E-state index in [1.165, 1.54) is 16.8 Å². The molecule has 1 amide bonds. The van der Waals surface area contributed by atoms with Crippen molar-refractivity contribution < 1.29 is 9.53 Å². The van der Waals surface area contributed by atoms with E-state index in [0.717, 1.165) is 10.6 Å². The summed E-state index contributed by atoms with van der Waals surface area (Å²) in [7, 11) is 0. The third kappa shape index (κ3) is 5.07. The lowest BCUT2D eigenvalue weighted by atomic mass is 10.0. The Labute approximate surface area is 167 Å². The van der Waals surface area contributed by atoms with Gasteiger partial charge >= 0.3 is 0 Å². The van der Waals surface area contributed by atoms with Gasteiger partial charge in [-0.3, -0.25) is 9.59 Å². The van der Waals surface area contributed by atoms with Crippen molar-refractivity contribution in [2.75, 3.05) is 6.61 Å². The van der Waals surface area contributed by atoms with Crippen LogP contribution in [-0.4, -0.2) is 22.3 Å². The molecule has 1 aromatic carbocycles. The standard InChI is InChI=1S/C21H23N3O3S/c1-15(2)20(18-9-6-14-28-18)22-21(26)17-10-11-19(25)24(23-17)12-13-27-16-7-4-3-5-8-16/h3-11,14-15,20H,12-13H2,1-2H3,(H,22,26). The van der Waals surface area contributed by atoms with Gasteiger partial charge in [0, 0.05) is 10.9 Å². The minimum Gasteiger partial charge on any atom is -0.492 e. The number of benzene rings is 1. The zero-order chi connectivity index (χ0) is 19.9. The molecule has 0 spiro atoms. The fraction of sp³-hybridized carbons (Fsp3) is 0.286. The van der Waals surface area contributed by atoms with Crippen LogP contribution in [0, 0.1) is 5.92 Å². The van der Waals surface area contributed by atoms with Crippen LogP contribution in [0.4, 0.5) is 0 Å². The normalized spacial score (nSPS) is 12.0. The van der Waals surface area contributed by atoms with Crippen molar-refractivity contribution in [1.29, 1.82) is 0 Å². The fourth-order valence-electron chi connectivity index (χ4n) is 2.75. The highest BCUT2D eigenvalue weighted by atomic mass is 32.1. The molecule has 0 bridgehead atoms. The molecular formula is C21H23N3O3S. The lowest BCUT2D eigenvalue weighted by Gasteiger charge is -2.21. The Bertz CT molecular complexity index is 953. The van der Waals surface area contributed by atoms with Gasteiger partial charge in [-0.25, -0.2) is 4.68 Å². The predicted molar refractivity (Wildman–Crippen MR) is 110 cm³/mol. The largest absolute Gasteiger partial charge is 0.492 e. The highest BCUT2D eigenvalue weighted by Gasteiger charge is 2.21. The summed E-state index contributed by atoms with van der Waals surface area (Å²) in [6.45, 7) is 4.65. The number of nitrogens with one attached hydrogen (secondary N) is 1. The Kier molecular flexibility index (Phi) is 6.60. The van der Waals surface area contributed by atoms with E-state index in [1.807, 2.05) is 47.8 Å². The lowest BCUT2D eigenvalue weighted by molar-refractivity contribution is 0.0918. The molecule has 1 unspecified atom stereocenters. The Morgan fingerprint density at radius 2 is 1.93 bits per heavy atom. The van der Waals surface area contributed by atoms with Crippen LogP contribution in [0.25, 0.3) is 0 Å². The van der Waals surface area contributed by atoms with Crippen molar-refractivity contribution in [3.05, 3.63) is 80.9 Å². The first-order valence-electron chi connectivity index (χ1n) is 9.15. The molecule has 146 valence electrons. The lowest BCUT2D eigenvalue weighted by Crippen LogP contribution is -2.34. The highest BCUT2D eigenvalue weighted by molar-refractivity contribution is 7.10. The summed E-state index contributed by atoms with van der Waals surface area (Å²) in [5.74, 6) is 0.651. The number of nitrogens with zero attached hydrogens (tertiary/aromatic N) is 2. The third-order valence-electron chi connectivity index (χ3n) is 4.22. The van der Waals surface area contributed by atoms with Gasteiger partial charge in [-0.05, 0) is 35.6 Å². The van der Waals surface area contributed by atoms with Gasteiger partial charge < -0.3 is 10.1 Å². The molecular weight excluding hydrogens is 374 g/mol. The monoisotopic (exact) mass is 397 g/mol. The van der Waals surface area contributed by atoms with Gasteiger partial charge in [0.05, 0.1) is 12.6 Å². The summed E-state index contributed by atoms with van der Waals surface area (Å²) < 4.78 is 6.87. The summed E-state index contributed by atoms with van der Waals surface area (Å²) in [6.07, 6.45) is 0. The second kappa shape index (κ2) is 9.32. The van der Waals surface area contributed by atoms with Crippen molar-refractivity contribution in [3.63, 3.8) is 0 Å². The molecule has 0 radical (unpaired) electrons. The average molecular weight is 398 g/mol. The van der Waals surface area contributed by atoms with Gasteiger partial charge in [-0.15, -0.1) is 11.3 Å². The Hall–Kier alpha value is -2.93. The van der Waals surface area contributed by atoms with E-state index in [9.17, 15) is 9.59 Å². The van der Waals surface area contributed by atoms with Crippen molar-refractivity contribution in [1.82, 2.24) is 15.1 Å². The number of aromatic nitrogens is 2. The van der Waals surface area contributed by atoms with Gasteiger partial charge in [0.1, 0.15) is 18.1 Å². The van der Waals surface area contributed by atoms with Gasteiger partial charge in [0.15, 0.2) is 0 Å². The maximum atomic E-state index is 12.7. The Morgan fingerprint density at radius 1 is 1.14 bits per heavy atom. The van der Waals surface area contributed by atoms with Crippen molar-refractivity contribution >= 4 is 17.2 Å². The molecule has 1 atom stereocenters. The SMILES string of the molecule is CC(C)C(NC(=O)c1ccc(=O)n(CCOc2ccccc2)n1)c1cccs1. The zero-order valence-electron chi connectivity index (χ0n) is 15.9. The summed E-state index contributed by atoms with van der Waals surface area (Å²) >= 11 is 1.60. The molecule has 2 aromatic heterocycles. The molecule has 0 fully saturated rings. The predicted octanol–water partition coefficient (Wildman–Crippen LogP) is 3.51. The van der Waals surface area contributed by atoms with Crippen molar-refractivity contribution in [3.8, 4) is 5.75 Å². The van der Waals surface area contributed by atoms with E-state index in [1.54, 1.807) is 11.3 Å². The van der Waals surface area contributed by atoms with E-state index in [-0.39, 0.29) is 42.3 Å². The third-order valence-corrected chi connectivity index (χ3v) is 5.17. The minimum atomic E-state index is -0.301. The van der Waals surface area contributed by atoms with E-state index >= 15 is 0 Å². The minimum absolute atomic E-state index is 0.101. The van der Waals surface area contributed by atoms with Crippen LogP contribution in [0.2, 0.25) is 0 Å². The van der Waals surface area contributed by atoms with Crippen molar-refractivity contribution in [2.45, 2.75) is 26.4 Å². The van der Waals surface area contributed by atoms with Crippen LogP contribution in [0.5, 0.6) is 5.75 Å². The average Bonchev–Trinajstić information content (AvgIpc) is 3.22. The number of carbonyl (C=O) groups is 1. The zero-order valence-corrected chi connectivity index (χ0v) is 16.7. The smallest absolute Gasteiger partial charge is 0.272 e. The Morgan fingerprint density at radius 3 is 2.61 bits per heavy atom. The molecule has 2 heterocycles. The fourth-order valence-corrected chi connectivity index (χ4v) is 3.70. The summed E-state index contributed by atoms with van der Waals surface area (Å²) in [5, 5.41) is 9.23. The molecule has 28 heavy (non-hydrogen) atoms. The molecule has 0 aliphatic rings. The summed E-state index contributed by atoms with van der Waals surface area (Å²) in [6, 6.07) is 16.0. The number of amides is 1. The van der Waals surface area contributed by atoms with Crippen LogP contribution in [0.1, 0.15) is 35.3 Å². The first-order valence-corrected chi connectivity index (χ1v) is 10.0. The molecule has 0 aliphatic carbocycles. The van der Waals surface area contributed by atoms with E-state index in [4.69, 9.17) is 4.74 Å². The van der Waals surface area contributed by atoms with Gasteiger partial charge in [0.2, 0.25) is 0 Å². The highest BCUT2D eigenvalue weighted by Crippen LogP contribution is 2.25. The van der Waals surface area contributed by atoms with Gasteiger partial charge in [-0.1, -0.05) is 38.1 Å². The molecule has 3 aromatic rings. The Balaban J connectivity index is 1.67. The van der Waals surface area contributed by atoms with E-state index < -0.39 is 0 Å². The van der Waals surface area contributed by atoms with Crippen LogP contribution in [0.3, 0.4) is 0 Å². The molecule has 3 rings (SSSR count). The van der Waals surface area contributed by atoms with Crippen LogP contribution >= 0.6 is 11.3 Å². The number of rotatable bonds is 8. The number of hydrogen-bond donors (Lipinski definition) is 1. The number of carbonyl (C=O) groups excluding carboxylic acids is 1. The first kappa shape index (κ1) is 19.8. The summed E-state index contributed by atoms with van der Waals surface area (Å²) in [4.78, 5) is 25.9. The van der Waals surface area contributed by atoms with E-state index in [0.29, 0.717) is 0 Å².